The minimum Gasteiger partial charge on any atom is -0.464 e. The third kappa shape index (κ3) is 4.16. The van der Waals surface area contributed by atoms with E-state index in [1.165, 1.54) is 0 Å². The lowest BCUT2D eigenvalue weighted by Crippen LogP contribution is -2.23. The first-order valence-electron chi connectivity index (χ1n) is 6.77. The molecule has 0 aliphatic carbocycles. The van der Waals surface area contributed by atoms with Crippen LogP contribution in [-0.4, -0.2) is 15.0 Å². The zero-order valence-electron chi connectivity index (χ0n) is 12.4. The van der Waals surface area contributed by atoms with Crippen LogP contribution < -0.4 is 10.0 Å². The fourth-order valence-electron chi connectivity index (χ4n) is 1.95. The Balaban J connectivity index is 2.09. The second-order valence-corrected chi connectivity index (χ2v) is 7.86. The maximum Gasteiger partial charge on any atom is 0.244 e. The van der Waals surface area contributed by atoms with Crippen LogP contribution in [0.2, 0.25) is 0 Å². The summed E-state index contributed by atoms with van der Waals surface area (Å²) in [6, 6.07) is 5.49. The summed E-state index contributed by atoms with van der Waals surface area (Å²) in [5.41, 5.74) is 0. The lowest BCUT2D eigenvalue weighted by Gasteiger charge is -2.03. The van der Waals surface area contributed by atoms with Gasteiger partial charge in [0.15, 0.2) is 0 Å². The Kier molecular flexibility index (Phi) is 5.21. The summed E-state index contributed by atoms with van der Waals surface area (Å²) in [6.07, 6.45) is 0. The molecule has 2 rings (SSSR count). The molecule has 0 spiro atoms. The Morgan fingerprint density at radius 3 is 2.62 bits per heavy atom. The summed E-state index contributed by atoms with van der Waals surface area (Å²) in [6.45, 7) is 7.27. The molecule has 2 heterocycles. The summed E-state index contributed by atoms with van der Waals surface area (Å²) in [5, 5.41) is 3.11. The highest BCUT2D eigenvalue weighted by Gasteiger charge is 2.21. The fraction of sp³-hybridized carbons (Fsp3) is 0.429. The number of aryl methyl sites for hydroxylation is 2. The summed E-state index contributed by atoms with van der Waals surface area (Å²) in [5.74, 6) is 1.04. The molecule has 7 heteroatoms. The van der Waals surface area contributed by atoms with E-state index in [9.17, 15) is 8.42 Å². The highest BCUT2D eigenvalue weighted by atomic mass is 32.2. The van der Waals surface area contributed by atoms with Crippen molar-refractivity contribution in [2.45, 2.75) is 38.8 Å². The van der Waals surface area contributed by atoms with E-state index in [1.54, 1.807) is 24.3 Å². The van der Waals surface area contributed by atoms with E-state index in [2.05, 4.69) is 10.0 Å². The van der Waals surface area contributed by atoms with Crippen molar-refractivity contribution in [1.82, 2.24) is 10.0 Å². The average Bonchev–Trinajstić information content (AvgIpc) is 3.00. The van der Waals surface area contributed by atoms with Crippen molar-refractivity contribution in [3.05, 3.63) is 39.5 Å². The first-order valence-corrected chi connectivity index (χ1v) is 9.07. The van der Waals surface area contributed by atoms with Crippen LogP contribution in [0, 0.1) is 13.8 Å². The topological polar surface area (TPSA) is 71.3 Å². The van der Waals surface area contributed by atoms with Gasteiger partial charge < -0.3 is 9.73 Å². The number of sulfonamides is 1. The van der Waals surface area contributed by atoms with Crippen LogP contribution in [0.25, 0.3) is 0 Å². The van der Waals surface area contributed by atoms with Gasteiger partial charge in [-0.2, -0.15) is 0 Å². The number of thiophene rings is 1. The molecule has 116 valence electrons. The van der Waals surface area contributed by atoms with E-state index in [1.807, 2.05) is 26.0 Å². The molecule has 2 aromatic heterocycles. The van der Waals surface area contributed by atoms with E-state index < -0.39 is 10.0 Å². The molecule has 5 nitrogen and oxygen atoms in total. The minimum absolute atomic E-state index is 0.212. The number of rotatable bonds is 7. The summed E-state index contributed by atoms with van der Waals surface area (Å²) in [4.78, 5) is 2.37. The molecule has 2 N–H and O–H groups in total. The third-order valence-corrected chi connectivity index (χ3v) is 5.50. The molecule has 0 aromatic carbocycles. The van der Waals surface area contributed by atoms with Crippen LogP contribution >= 0.6 is 11.3 Å². The highest BCUT2D eigenvalue weighted by Crippen LogP contribution is 2.21. The number of nitrogens with one attached hydrogen (secondary N) is 2. The predicted molar refractivity (Wildman–Crippen MR) is 83.9 cm³/mol. The second-order valence-electron chi connectivity index (χ2n) is 4.75. The van der Waals surface area contributed by atoms with Gasteiger partial charge in [-0.25, -0.2) is 13.1 Å². The second kappa shape index (κ2) is 6.74. The molecule has 21 heavy (non-hydrogen) atoms. The SMILES string of the molecule is CCNCc1cc(S(=O)(=O)NCc2ccc(C)s2)c(C)o1. The number of hydrogen-bond donors (Lipinski definition) is 2. The van der Waals surface area contributed by atoms with E-state index in [0.29, 0.717) is 24.6 Å². The molecule has 0 atom stereocenters. The van der Waals surface area contributed by atoms with E-state index in [4.69, 9.17) is 4.42 Å². The predicted octanol–water partition coefficient (Wildman–Crippen LogP) is 2.55. The van der Waals surface area contributed by atoms with Crippen LogP contribution in [0.15, 0.2) is 27.5 Å². The average molecular weight is 328 g/mol. The summed E-state index contributed by atoms with van der Waals surface area (Å²) >= 11 is 1.58. The zero-order valence-corrected chi connectivity index (χ0v) is 14.0. The van der Waals surface area contributed by atoms with Crippen molar-refractivity contribution in [3.8, 4) is 0 Å². The van der Waals surface area contributed by atoms with Gasteiger partial charge in [-0.15, -0.1) is 11.3 Å². The van der Waals surface area contributed by atoms with Crippen molar-refractivity contribution in [2.75, 3.05) is 6.54 Å². The fourth-order valence-corrected chi connectivity index (χ4v) is 4.08. The largest absolute Gasteiger partial charge is 0.464 e. The molecule has 0 aliphatic rings. The van der Waals surface area contributed by atoms with Crippen molar-refractivity contribution in [3.63, 3.8) is 0 Å². The molecule has 0 saturated heterocycles. The van der Waals surface area contributed by atoms with Gasteiger partial charge >= 0.3 is 0 Å². The van der Waals surface area contributed by atoms with Crippen LogP contribution in [0.5, 0.6) is 0 Å². The Hall–Kier alpha value is -1.15. The highest BCUT2D eigenvalue weighted by molar-refractivity contribution is 7.89. The van der Waals surface area contributed by atoms with Gasteiger partial charge in [0, 0.05) is 22.4 Å². The van der Waals surface area contributed by atoms with Crippen LogP contribution in [0.1, 0.15) is 28.2 Å². The molecule has 0 fully saturated rings. The Morgan fingerprint density at radius 2 is 2.00 bits per heavy atom. The standard InChI is InChI=1S/C14H20N2O3S2/c1-4-15-8-12-7-14(11(3)19-12)21(17,18)16-9-13-6-5-10(2)20-13/h5-7,15-16H,4,8-9H2,1-3H3. The van der Waals surface area contributed by atoms with E-state index >= 15 is 0 Å². The Morgan fingerprint density at radius 1 is 1.24 bits per heavy atom. The van der Waals surface area contributed by atoms with Crippen molar-refractivity contribution < 1.29 is 12.8 Å². The normalized spacial score (nSPS) is 12.0. The molecule has 0 radical (unpaired) electrons. The van der Waals surface area contributed by atoms with Crippen molar-refractivity contribution in [1.29, 1.82) is 0 Å². The Labute approximate surface area is 129 Å². The van der Waals surface area contributed by atoms with Gasteiger partial charge in [0.25, 0.3) is 0 Å². The summed E-state index contributed by atoms with van der Waals surface area (Å²) < 4.78 is 32.8. The minimum atomic E-state index is -3.55. The maximum atomic E-state index is 12.3. The first-order chi connectivity index (χ1) is 9.92. The molecular formula is C14H20N2O3S2. The monoisotopic (exact) mass is 328 g/mol. The van der Waals surface area contributed by atoms with Gasteiger partial charge in [0.1, 0.15) is 16.4 Å². The molecule has 0 saturated carbocycles. The van der Waals surface area contributed by atoms with Gasteiger partial charge in [0.2, 0.25) is 10.0 Å². The Bertz CT molecular complexity index is 702. The molecule has 2 aromatic rings. The maximum absolute atomic E-state index is 12.3. The van der Waals surface area contributed by atoms with Gasteiger partial charge in [-0.3, -0.25) is 0 Å². The smallest absolute Gasteiger partial charge is 0.244 e. The van der Waals surface area contributed by atoms with Crippen molar-refractivity contribution >= 4 is 21.4 Å². The van der Waals surface area contributed by atoms with Gasteiger partial charge in [-0.1, -0.05) is 6.92 Å². The van der Waals surface area contributed by atoms with Crippen LogP contribution in [-0.2, 0) is 23.1 Å². The van der Waals surface area contributed by atoms with Crippen LogP contribution in [0.4, 0.5) is 0 Å². The molecular weight excluding hydrogens is 308 g/mol. The quantitative estimate of drug-likeness (QED) is 0.819. The third-order valence-electron chi connectivity index (χ3n) is 2.99. The lowest BCUT2D eigenvalue weighted by molar-refractivity contribution is 0.460. The van der Waals surface area contributed by atoms with Crippen molar-refractivity contribution in [2.24, 2.45) is 0 Å². The number of furan rings is 1. The first kappa shape index (κ1) is 16.2. The van der Waals surface area contributed by atoms with Gasteiger partial charge in [-0.05, 0) is 32.5 Å². The molecule has 0 bridgehead atoms. The van der Waals surface area contributed by atoms with E-state index in [0.717, 1.165) is 16.3 Å². The van der Waals surface area contributed by atoms with Crippen LogP contribution in [0.3, 0.4) is 0 Å². The lowest BCUT2D eigenvalue weighted by atomic mass is 10.4. The summed E-state index contributed by atoms with van der Waals surface area (Å²) in [7, 11) is -3.55. The number of hydrogen-bond acceptors (Lipinski definition) is 5. The molecule has 0 unspecified atom stereocenters. The van der Waals surface area contributed by atoms with Gasteiger partial charge in [0.05, 0.1) is 6.54 Å². The zero-order chi connectivity index (χ0) is 15.5. The molecule has 0 amide bonds. The van der Waals surface area contributed by atoms with E-state index in [-0.39, 0.29) is 4.90 Å². The molecule has 0 aliphatic heterocycles.